The second kappa shape index (κ2) is 6.72. The second-order valence-corrected chi connectivity index (χ2v) is 4.92. The SMILES string of the molecule is CC(C)(CCO)NC(=O)/C=C/c1cccc(C#N)c1. The highest BCUT2D eigenvalue weighted by molar-refractivity contribution is 5.92. The van der Waals surface area contributed by atoms with E-state index in [1.165, 1.54) is 6.08 Å². The first-order valence-electron chi connectivity index (χ1n) is 6.08. The van der Waals surface area contributed by atoms with Crippen molar-refractivity contribution in [1.82, 2.24) is 5.32 Å². The van der Waals surface area contributed by atoms with Crippen LogP contribution in [0.2, 0.25) is 0 Å². The van der Waals surface area contributed by atoms with Crippen LogP contribution in [0.15, 0.2) is 30.3 Å². The fourth-order valence-corrected chi connectivity index (χ4v) is 1.60. The molecule has 0 aliphatic heterocycles. The Morgan fingerprint density at radius 3 is 2.89 bits per heavy atom. The molecule has 0 saturated carbocycles. The number of amides is 1. The van der Waals surface area contributed by atoms with Crippen LogP contribution < -0.4 is 5.32 Å². The van der Waals surface area contributed by atoms with Gasteiger partial charge >= 0.3 is 0 Å². The van der Waals surface area contributed by atoms with Crippen LogP contribution in [0.4, 0.5) is 0 Å². The predicted octanol–water partition coefficient (Wildman–Crippen LogP) is 1.85. The summed E-state index contributed by atoms with van der Waals surface area (Å²) in [5.74, 6) is -0.221. The fourth-order valence-electron chi connectivity index (χ4n) is 1.60. The Morgan fingerprint density at radius 1 is 1.53 bits per heavy atom. The third-order valence-electron chi connectivity index (χ3n) is 2.64. The van der Waals surface area contributed by atoms with Crippen LogP contribution in [0.1, 0.15) is 31.4 Å². The topological polar surface area (TPSA) is 73.1 Å². The zero-order valence-corrected chi connectivity index (χ0v) is 11.2. The summed E-state index contributed by atoms with van der Waals surface area (Å²) in [4.78, 5) is 11.7. The molecule has 0 unspecified atom stereocenters. The van der Waals surface area contributed by atoms with Crippen LogP contribution in [-0.2, 0) is 4.79 Å². The standard InChI is InChI=1S/C15H18N2O2/c1-15(2,8-9-18)17-14(19)7-6-12-4-3-5-13(10-12)11-16/h3-7,10,18H,8-9H2,1-2H3,(H,17,19)/b7-6+. The van der Waals surface area contributed by atoms with Crippen LogP contribution in [0.25, 0.3) is 6.08 Å². The molecular formula is C15H18N2O2. The van der Waals surface area contributed by atoms with E-state index < -0.39 is 5.54 Å². The summed E-state index contributed by atoms with van der Waals surface area (Å²) < 4.78 is 0. The van der Waals surface area contributed by atoms with Crippen molar-refractivity contribution in [2.24, 2.45) is 0 Å². The average Bonchev–Trinajstić information content (AvgIpc) is 2.36. The molecule has 0 bridgehead atoms. The number of benzene rings is 1. The molecule has 1 rings (SSSR count). The van der Waals surface area contributed by atoms with E-state index >= 15 is 0 Å². The number of nitriles is 1. The van der Waals surface area contributed by atoms with Gasteiger partial charge in [0.05, 0.1) is 11.6 Å². The molecule has 0 aromatic heterocycles. The van der Waals surface area contributed by atoms with Gasteiger partial charge in [-0.25, -0.2) is 0 Å². The van der Waals surface area contributed by atoms with E-state index in [1.54, 1.807) is 24.3 Å². The van der Waals surface area contributed by atoms with E-state index in [4.69, 9.17) is 10.4 Å². The molecule has 1 aromatic rings. The molecule has 2 N–H and O–H groups in total. The molecule has 4 heteroatoms. The van der Waals surface area contributed by atoms with E-state index in [0.717, 1.165) is 5.56 Å². The number of hydrogen-bond acceptors (Lipinski definition) is 3. The van der Waals surface area contributed by atoms with Gasteiger partial charge in [-0.3, -0.25) is 4.79 Å². The Morgan fingerprint density at radius 2 is 2.26 bits per heavy atom. The Labute approximate surface area is 113 Å². The number of carbonyl (C=O) groups is 1. The lowest BCUT2D eigenvalue weighted by molar-refractivity contribution is -0.118. The molecular weight excluding hydrogens is 240 g/mol. The van der Waals surface area contributed by atoms with Crippen LogP contribution in [0, 0.1) is 11.3 Å². The van der Waals surface area contributed by atoms with Gasteiger partial charge in [0, 0.05) is 18.2 Å². The molecule has 1 amide bonds. The summed E-state index contributed by atoms with van der Waals surface area (Å²) in [6.45, 7) is 3.73. The minimum Gasteiger partial charge on any atom is -0.396 e. The van der Waals surface area contributed by atoms with Crippen LogP contribution in [0.5, 0.6) is 0 Å². The van der Waals surface area contributed by atoms with E-state index in [2.05, 4.69) is 5.32 Å². The van der Waals surface area contributed by atoms with Crippen LogP contribution in [0.3, 0.4) is 0 Å². The lowest BCUT2D eigenvalue weighted by Gasteiger charge is -2.24. The van der Waals surface area contributed by atoms with E-state index in [-0.39, 0.29) is 12.5 Å². The second-order valence-electron chi connectivity index (χ2n) is 4.92. The third kappa shape index (κ3) is 5.36. The van der Waals surface area contributed by atoms with E-state index in [9.17, 15) is 4.79 Å². The number of nitrogens with one attached hydrogen (secondary N) is 1. The lowest BCUT2D eigenvalue weighted by Crippen LogP contribution is -2.43. The molecule has 0 heterocycles. The highest BCUT2D eigenvalue weighted by Crippen LogP contribution is 2.08. The molecule has 0 saturated heterocycles. The minimum atomic E-state index is -0.440. The molecule has 4 nitrogen and oxygen atoms in total. The normalized spacial score (nSPS) is 11.3. The van der Waals surface area contributed by atoms with Crippen molar-refractivity contribution in [3.05, 3.63) is 41.5 Å². The first kappa shape index (κ1) is 14.9. The smallest absolute Gasteiger partial charge is 0.244 e. The van der Waals surface area contributed by atoms with Gasteiger partial charge in [-0.1, -0.05) is 12.1 Å². The van der Waals surface area contributed by atoms with Crippen molar-refractivity contribution >= 4 is 12.0 Å². The summed E-state index contributed by atoms with van der Waals surface area (Å²) in [6, 6.07) is 9.06. The van der Waals surface area contributed by atoms with Gasteiger partial charge < -0.3 is 10.4 Å². The summed E-state index contributed by atoms with van der Waals surface area (Å²) in [5, 5.41) is 20.5. The van der Waals surface area contributed by atoms with Crippen molar-refractivity contribution in [2.45, 2.75) is 25.8 Å². The first-order valence-corrected chi connectivity index (χ1v) is 6.08. The maximum Gasteiger partial charge on any atom is 0.244 e. The average molecular weight is 258 g/mol. The van der Waals surface area contributed by atoms with Gasteiger partial charge in [0.1, 0.15) is 0 Å². The molecule has 1 aromatic carbocycles. The lowest BCUT2D eigenvalue weighted by atomic mass is 10.0. The summed E-state index contributed by atoms with van der Waals surface area (Å²) in [5.41, 5.74) is 0.919. The van der Waals surface area contributed by atoms with Crippen molar-refractivity contribution in [3.63, 3.8) is 0 Å². The van der Waals surface area contributed by atoms with Gasteiger partial charge in [0.25, 0.3) is 0 Å². The third-order valence-corrected chi connectivity index (χ3v) is 2.64. The predicted molar refractivity (Wildman–Crippen MR) is 74.1 cm³/mol. The molecule has 0 aliphatic carbocycles. The van der Waals surface area contributed by atoms with E-state index in [1.807, 2.05) is 26.0 Å². The maximum absolute atomic E-state index is 11.7. The van der Waals surface area contributed by atoms with Crippen molar-refractivity contribution in [2.75, 3.05) is 6.61 Å². The Balaban J connectivity index is 2.66. The molecule has 100 valence electrons. The van der Waals surface area contributed by atoms with Gasteiger partial charge in [-0.2, -0.15) is 5.26 Å². The largest absolute Gasteiger partial charge is 0.396 e. The number of rotatable bonds is 5. The fraction of sp³-hybridized carbons (Fsp3) is 0.333. The van der Waals surface area contributed by atoms with Gasteiger partial charge in [-0.05, 0) is 44.0 Å². The molecule has 0 aliphatic rings. The highest BCUT2D eigenvalue weighted by atomic mass is 16.3. The Hall–Kier alpha value is -2.12. The number of aliphatic hydroxyl groups excluding tert-OH is 1. The minimum absolute atomic E-state index is 0.0290. The Kier molecular flexibility index (Phi) is 5.28. The summed E-state index contributed by atoms with van der Waals surface area (Å²) in [6.07, 6.45) is 3.58. The first-order chi connectivity index (χ1) is 8.96. The molecule has 0 radical (unpaired) electrons. The highest BCUT2D eigenvalue weighted by Gasteiger charge is 2.17. The van der Waals surface area contributed by atoms with Crippen LogP contribution in [-0.4, -0.2) is 23.2 Å². The van der Waals surface area contributed by atoms with Gasteiger partial charge in [0.2, 0.25) is 5.91 Å². The van der Waals surface area contributed by atoms with Crippen molar-refractivity contribution in [3.8, 4) is 6.07 Å². The van der Waals surface area contributed by atoms with Gasteiger partial charge in [0.15, 0.2) is 0 Å². The zero-order valence-electron chi connectivity index (χ0n) is 11.2. The summed E-state index contributed by atoms with van der Waals surface area (Å²) in [7, 11) is 0. The van der Waals surface area contributed by atoms with Crippen molar-refractivity contribution < 1.29 is 9.90 Å². The zero-order chi connectivity index (χ0) is 14.3. The molecule has 0 fully saturated rings. The number of aliphatic hydroxyl groups is 1. The summed E-state index contributed by atoms with van der Waals surface area (Å²) >= 11 is 0. The van der Waals surface area contributed by atoms with E-state index in [0.29, 0.717) is 12.0 Å². The Bertz CT molecular complexity index is 513. The van der Waals surface area contributed by atoms with Gasteiger partial charge in [-0.15, -0.1) is 0 Å². The molecule has 0 spiro atoms. The number of nitrogens with zero attached hydrogens (tertiary/aromatic N) is 1. The number of carbonyl (C=O) groups excluding carboxylic acids is 1. The maximum atomic E-state index is 11.7. The molecule has 19 heavy (non-hydrogen) atoms. The monoisotopic (exact) mass is 258 g/mol. The number of hydrogen-bond donors (Lipinski definition) is 2. The molecule has 0 atom stereocenters. The van der Waals surface area contributed by atoms with Crippen LogP contribution >= 0.6 is 0 Å². The quantitative estimate of drug-likeness (QED) is 0.792. The van der Waals surface area contributed by atoms with Crippen molar-refractivity contribution in [1.29, 1.82) is 5.26 Å².